The molecule has 1 atom stereocenters. The molecule has 1 aliphatic heterocycles. The number of halogens is 1. The van der Waals surface area contributed by atoms with Crippen LogP contribution in [0.5, 0.6) is 0 Å². The molecule has 1 unspecified atom stereocenters. The van der Waals surface area contributed by atoms with Crippen molar-refractivity contribution in [3.8, 4) is 0 Å². The lowest BCUT2D eigenvalue weighted by Crippen LogP contribution is -2.39. The fraction of sp³-hybridized carbons (Fsp3) is 0.357. The largest absolute Gasteiger partial charge is 0.263 e. The van der Waals surface area contributed by atoms with Crippen molar-refractivity contribution in [3.63, 3.8) is 0 Å². The van der Waals surface area contributed by atoms with Crippen LogP contribution in [0, 0.1) is 0 Å². The van der Waals surface area contributed by atoms with Crippen molar-refractivity contribution >= 4 is 33.0 Å². The van der Waals surface area contributed by atoms with Gasteiger partial charge in [-0.3, -0.25) is 4.98 Å². The molecule has 0 saturated carbocycles. The highest BCUT2D eigenvalue weighted by Crippen LogP contribution is 2.39. The fourth-order valence-corrected chi connectivity index (χ4v) is 5.78. The average Bonchev–Trinajstić information content (AvgIpc) is 2.94. The molecule has 3 rings (SSSR count). The van der Waals surface area contributed by atoms with Crippen molar-refractivity contribution in [3.05, 3.63) is 45.4 Å². The molecule has 0 saturated heterocycles. The van der Waals surface area contributed by atoms with Gasteiger partial charge in [-0.2, -0.15) is 4.31 Å². The normalized spacial score (nSPS) is 19.4. The van der Waals surface area contributed by atoms with Gasteiger partial charge < -0.3 is 0 Å². The number of hydrogen-bond donors (Lipinski definition) is 0. The molecular weight excluding hydrogens is 328 g/mol. The third-order valence-electron chi connectivity index (χ3n) is 3.75. The Bertz CT molecular complexity index is 758. The number of fused-ring (bicyclic) bond motifs is 1. The van der Waals surface area contributed by atoms with Gasteiger partial charge in [-0.15, -0.1) is 11.3 Å². The first-order valence-corrected chi connectivity index (χ1v) is 9.43. The SMILES string of the molecule is CCC1c2ccsc2CCN1S(=O)(=O)c1cnccc1Cl. The summed E-state index contributed by atoms with van der Waals surface area (Å²) in [7, 11) is -3.63. The Balaban J connectivity index is 2.06. The number of thiophene rings is 1. The number of pyridine rings is 1. The van der Waals surface area contributed by atoms with Crippen molar-refractivity contribution < 1.29 is 8.42 Å². The molecule has 0 N–H and O–H groups in total. The van der Waals surface area contributed by atoms with Crippen molar-refractivity contribution in [2.45, 2.75) is 30.7 Å². The van der Waals surface area contributed by atoms with Gasteiger partial charge in [-0.05, 0) is 35.9 Å². The maximum absolute atomic E-state index is 12.9. The summed E-state index contributed by atoms with van der Waals surface area (Å²) in [6.07, 6.45) is 4.31. The predicted octanol–water partition coefficient (Wildman–Crippen LogP) is 3.49. The van der Waals surface area contributed by atoms with E-state index >= 15 is 0 Å². The van der Waals surface area contributed by atoms with E-state index in [2.05, 4.69) is 4.98 Å². The van der Waals surface area contributed by atoms with Gasteiger partial charge in [0.05, 0.1) is 11.1 Å². The lowest BCUT2D eigenvalue weighted by atomic mass is 10.0. The molecule has 0 aromatic carbocycles. The summed E-state index contributed by atoms with van der Waals surface area (Å²) in [5, 5.41) is 2.25. The van der Waals surface area contributed by atoms with E-state index in [-0.39, 0.29) is 16.0 Å². The standard InChI is InChI=1S/C14H15ClN2O2S2/c1-2-12-10-5-8-20-13(10)4-7-17(12)21(18,19)14-9-16-6-3-11(14)15/h3,5-6,8-9,12H,2,4,7H2,1H3. The van der Waals surface area contributed by atoms with Crippen LogP contribution in [0.2, 0.25) is 5.02 Å². The van der Waals surface area contributed by atoms with Crippen LogP contribution in [0.3, 0.4) is 0 Å². The molecule has 4 nitrogen and oxygen atoms in total. The second kappa shape index (κ2) is 5.68. The number of hydrogen-bond acceptors (Lipinski definition) is 4. The zero-order chi connectivity index (χ0) is 15.0. The van der Waals surface area contributed by atoms with Gasteiger partial charge in [0.25, 0.3) is 0 Å². The van der Waals surface area contributed by atoms with Crippen LogP contribution in [0.15, 0.2) is 34.8 Å². The number of rotatable bonds is 3. The van der Waals surface area contributed by atoms with Crippen LogP contribution in [0.1, 0.15) is 29.8 Å². The fourth-order valence-electron chi connectivity index (χ4n) is 2.76. The summed E-state index contributed by atoms with van der Waals surface area (Å²) in [5.74, 6) is 0. The second-order valence-corrected chi connectivity index (χ2v) is 8.16. The van der Waals surface area contributed by atoms with Gasteiger partial charge in [-0.25, -0.2) is 8.42 Å². The maximum atomic E-state index is 12.9. The molecule has 2 aromatic heterocycles. The molecule has 7 heteroatoms. The highest BCUT2D eigenvalue weighted by atomic mass is 35.5. The zero-order valence-electron chi connectivity index (χ0n) is 11.5. The number of aromatic nitrogens is 1. The Labute approximate surface area is 133 Å². The van der Waals surface area contributed by atoms with Gasteiger partial charge in [-0.1, -0.05) is 18.5 Å². The lowest BCUT2D eigenvalue weighted by Gasteiger charge is -2.34. The first kappa shape index (κ1) is 15.0. The van der Waals surface area contributed by atoms with Gasteiger partial charge in [0.1, 0.15) is 4.90 Å². The molecule has 2 aromatic rings. The van der Waals surface area contributed by atoms with Crippen LogP contribution < -0.4 is 0 Å². The van der Waals surface area contributed by atoms with Crippen molar-refractivity contribution in [2.24, 2.45) is 0 Å². The quantitative estimate of drug-likeness (QED) is 0.857. The Kier molecular flexibility index (Phi) is 4.05. The summed E-state index contributed by atoms with van der Waals surface area (Å²) in [5.41, 5.74) is 1.12. The van der Waals surface area contributed by atoms with Crippen LogP contribution in [0.4, 0.5) is 0 Å². The van der Waals surface area contributed by atoms with E-state index in [0.717, 1.165) is 18.4 Å². The maximum Gasteiger partial charge on any atom is 0.246 e. The smallest absolute Gasteiger partial charge is 0.246 e. The Hall–Kier alpha value is -0.950. The predicted molar refractivity (Wildman–Crippen MR) is 84.2 cm³/mol. The molecule has 112 valence electrons. The highest BCUT2D eigenvalue weighted by Gasteiger charge is 2.36. The average molecular weight is 343 g/mol. The Morgan fingerprint density at radius 2 is 2.29 bits per heavy atom. The van der Waals surface area contributed by atoms with Gasteiger partial charge in [0.2, 0.25) is 10.0 Å². The van der Waals surface area contributed by atoms with E-state index < -0.39 is 10.0 Å². The summed E-state index contributed by atoms with van der Waals surface area (Å²) < 4.78 is 27.4. The van der Waals surface area contributed by atoms with E-state index in [9.17, 15) is 8.42 Å². The van der Waals surface area contributed by atoms with Crippen molar-refractivity contribution in [1.29, 1.82) is 0 Å². The van der Waals surface area contributed by atoms with E-state index in [4.69, 9.17) is 11.6 Å². The first-order valence-electron chi connectivity index (χ1n) is 6.73. The van der Waals surface area contributed by atoms with Crippen LogP contribution in [-0.2, 0) is 16.4 Å². The zero-order valence-corrected chi connectivity index (χ0v) is 13.9. The molecule has 1 aliphatic rings. The van der Waals surface area contributed by atoms with Crippen LogP contribution in [0.25, 0.3) is 0 Å². The van der Waals surface area contributed by atoms with Crippen LogP contribution in [-0.4, -0.2) is 24.3 Å². The number of sulfonamides is 1. The summed E-state index contributed by atoms with van der Waals surface area (Å²) in [6, 6.07) is 3.41. The minimum atomic E-state index is -3.63. The molecule has 3 heterocycles. The minimum Gasteiger partial charge on any atom is -0.263 e. The summed E-state index contributed by atoms with van der Waals surface area (Å²) >= 11 is 7.75. The van der Waals surface area contributed by atoms with E-state index in [0.29, 0.717) is 6.54 Å². The topological polar surface area (TPSA) is 50.3 Å². The molecule has 0 fully saturated rings. The Morgan fingerprint density at radius 1 is 1.48 bits per heavy atom. The molecule has 0 bridgehead atoms. The van der Waals surface area contributed by atoms with E-state index in [1.807, 2.05) is 18.4 Å². The third-order valence-corrected chi connectivity index (χ3v) is 7.13. The third kappa shape index (κ3) is 2.50. The molecule has 0 amide bonds. The lowest BCUT2D eigenvalue weighted by molar-refractivity contribution is 0.303. The molecule has 0 radical (unpaired) electrons. The minimum absolute atomic E-state index is 0.0868. The number of nitrogens with zero attached hydrogens (tertiary/aromatic N) is 2. The van der Waals surface area contributed by atoms with Gasteiger partial charge in [0, 0.05) is 23.8 Å². The Morgan fingerprint density at radius 3 is 3.00 bits per heavy atom. The summed E-state index contributed by atoms with van der Waals surface area (Å²) in [4.78, 5) is 5.27. The molecule has 0 spiro atoms. The van der Waals surface area contributed by atoms with Crippen molar-refractivity contribution in [2.75, 3.05) is 6.54 Å². The van der Waals surface area contributed by atoms with Crippen LogP contribution >= 0.6 is 22.9 Å². The van der Waals surface area contributed by atoms with E-state index in [1.54, 1.807) is 15.6 Å². The molecule has 21 heavy (non-hydrogen) atoms. The monoisotopic (exact) mass is 342 g/mol. The van der Waals surface area contributed by atoms with Gasteiger partial charge >= 0.3 is 0 Å². The van der Waals surface area contributed by atoms with Crippen molar-refractivity contribution in [1.82, 2.24) is 9.29 Å². The molecular formula is C14H15ClN2O2S2. The second-order valence-electron chi connectivity index (χ2n) is 4.90. The highest BCUT2D eigenvalue weighted by molar-refractivity contribution is 7.89. The molecule has 0 aliphatic carbocycles. The van der Waals surface area contributed by atoms with Gasteiger partial charge in [0.15, 0.2) is 0 Å². The first-order chi connectivity index (χ1) is 10.1. The summed E-state index contributed by atoms with van der Waals surface area (Å²) in [6.45, 7) is 2.49. The van der Waals surface area contributed by atoms with E-state index in [1.165, 1.54) is 23.3 Å².